The lowest BCUT2D eigenvalue weighted by molar-refractivity contribution is -0.127. The Kier molecular flexibility index (Phi) is 5.35. The summed E-state index contributed by atoms with van der Waals surface area (Å²) in [6, 6.07) is 17.7. The first-order valence-corrected chi connectivity index (χ1v) is 10.2. The van der Waals surface area contributed by atoms with E-state index in [2.05, 4.69) is 10.3 Å². The van der Waals surface area contributed by atoms with Gasteiger partial charge in [0.1, 0.15) is 0 Å². The number of likely N-dealkylation sites (N-methyl/N-ethyl adjacent to an activating group) is 1. The number of hydrogen-bond acceptors (Lipinski definition) is 6. The normalized spacial score (nSPS) is 20.9. The summed E-state index contributed by atoms with van der Waals surface area (Å²) in [6.07, 6.45) is -0.603. The second kappa shape index (κ2) is 8.08. The molecule has 7 nitrogen and oxygen atoms in total. The number of ketones is 1. The number of nitrogens with one attached hydrogen (secondary N) is 1. The van der Waals surface area contributed by atoms with Crippen LogP contribution in [0.4, 0.5) is 4.79 Å². The maximum atomic E-state index is 12.6. The molecular weight excluding hydrogens is 388 g/mol. The molecule has 1 saturated heterocycles. The molecule has 8 heteroatoms. The summed E-state index contributed by atoms with van der Waals surface area (Å²) in [4.78, 5) is 45.1. The number of amidine groups is 1. The van der Waals surface area contributed by atoms with E-state index in [1.807, 2.05) is 53.4 Å². The van der Waals surface area contributed by atoms with Gasteiger partial charge in [0.25, 0.3) is 5.91 Å². The van der Waals surface area contributed by atoms with E-state index in [-0.39, 0.29) is 17.4 Å². The average molecular weight is 408 g/mol. The SMILES string of the molecule is CN1C(=O)NC(=O)C2C1N=C(SCC(=O)c1ccccc1)N2Cc1ccccc1. The third-order valence-corrected chi connectivity index (χ3v) is 5.95. The lowest BCUT2D eigenvalue weighted by atomic mass is 10.1. The summed E-state index contributed by atoms with van der Waals surface area (Å²) < 4.78 is 0. The molecule has 0 spiro atoms. The molecule has 0 aliphatic carbocycles. The fourth-order valence-electron chi connectivity index (χ4n) is 3.40. The fraction of sp³-hybridized carbons (Fsp3) is 0.238. The van der Waals surface area contributed by atoms with Crippen LogP contribution < -0.4 is 5.32 Å². The molecule has 148 valence electrons. The monoisotopic (exact) mass is 408 g/mol. The zero-order valence-electron chi connectivity index (χ0n) is 15.8. The smallest absolute Gasteiger partial charge is 0.325 e. The van der Waals surface area contributed by atoms with Crippen molar-refractivity contribution in [2.24, 2.45) is 4.99 Å². The summed E-state index contributed by atoms with van der Waals surface area (Å²) in [5, 5.41) is 2.97. The second-order valence-corrected chi connectivity index (χ2v) is 7.81. The number of rotatable bonds is 5. The van der Waals surface area contributed by atoms with Gasteiger partial charge in [0.15, 0.2) is 23.2 Å². The number of imide groups is 1. The summed E-state index contributed by atoms with van der Waals surface area (Å²) in [5.41, 5.74) is 1.65. The van der Waals surface area contributed by atoms with E-state index in [1.54, 1.807) is 19.2 Å². The predicted molar refractivity (Wildman–Crippen MR) is 112 cm³/mol. The topological polar surface area (TPSA) is 82.1 Å². The minimum Gasteiger partial charge on any atom is -0.331 e. The Morgan fingerprint density at radius 3 is 2.41 bits per heavy atom. The molecule has 2 aliphatic rings. The first kappa shape index (κ1) is 19.2. The van der Waals surface area contributed by atoms with Crippen molar-refractivity contribution in [2.75, 3.05) is 12.8 Å². The number of carbonyl (C=O) groups excluding carboxylic acids is 3. The van der Waals surface area contributed by atoms with Crippen molar-refractivity contribution in [3.8, 4) is 0 Å². The molecule has 3 amide bonds. The molecule has 4 rings (SSSR count). The first-order chi connectivity index (χ1) is 14.0. The van der Waals surface area contributed by atoms with Crippen LogP contribution in [0.3, 0.4) is 0 Å². The summed E-state index contributed by atoms with van der Waals surface area (Å²) in [5.74, 6) is -0.183. The van der Waals surface area contributed by atoms with Crippen LogP contribution in [0.5, 0.6) is 0 Å². The van der Waals surface area contributed by atoms with E-state index >= 15 is 0 Å². The van der Waals surface area contributed by atoms with E-state index in [1.165, 1.54) is 16.7 Å². The minimum absolute atomic E-state index is 0.0123. The van der Waals surface area contributed by atoms with Gasteiger partial charge in [0.05, 0.1) is 5.75 Å². The van der Waals surface area contributed by atoms with E-state index in [4.69, 9.17) is 0 Å². The Labute approximate surface area is 172 Å². The highest BCUT2D eigenvalue weighted by molar-refractivity contribution is 8.14. The standard InChI is InChI=1S/C21H20N4O3S/c1-24-18-17(19(27)23-20(24)28)25(12-14-8-4-2-5-9-14)21(22-18)29-13-16(26)15-10-6-3-7-11-15/h2-11,17-18H,12-13H2,1H3,(H,23,27,28). The number of amides is 3. The molecule has 0 aromatic heterocycles. The number of hydrogen-bond donors (Lipinski definition) is 1. The Morgan fingerprint density at radius 1 is 1.07 bits per heavy atom. The van der Waals surface area contributed by atoms with Crippen LogP contribution in [0.15, 0.2) is 65.7 Å². The van der Waals surface area contributed by atoms with Gasteiger partial charge in [-0.15, -0.1) is 0 Å². The number of fused-ring (bicyclic) bond motifs is 1. The van der Waals surface area contributed by atoms with Crippen LogP contribution in [-0.4, -0.2) is 57.7 Å². The molecule has 0 radical (unpaired) electrons. The van der Waals surface area contributed by atoms with Crippen LogP contribution >= 0.6 is 11.8 Å². The van der Waals surface area contributed by atoms with E-state index in [0.717, 1.165) is 5.56 Å². The van der Waals surface area contributed by atoms with Crippen molar-refractivity contribution < 1.29 is 14.4 Å². The van der Waals surface area contributed by atoms with E-state index in [0.29, 0.717) is 17.3 Å². The molecule has 2 atom stereocenters. The molecule has 2 aliphatic heterocycles. The largest absolute Gasteiger partial charge is 0.331 e. The van der Waals surface area contributed by atoms with Gasteiger partial charge >= 0.3 is 6.03 Å². The van der Waals surface area contributed by atoms with Gasteiger partial charge in [0.2, 0.25) is 0 Å². The molecule has 0 bridgehead atoms. The van der Waals surface area contributed by atoms with Gasteiger partial charge in [-0.2, -0.15) is 0 Å². The highest BCUT2D eigenvalue weighted by Gasteiger charge is 2.48. The number of nitrogens with zero attached hydrogens (tertiary/aromatic N) is 3. The molecule has 0 saturated carbocycles. The highest BCUT2D eigenvalue weighted by Crippen LogP contribution is 2.30. The maximum absolute atomic E-state index is 12.6. The second-order valence-electron chi connectivity index (χ2n) is 6.87. The maximum Gasteiger partial charge on any atom is 0.325 e. The van der Waals surface area contributed by atoms with Gasteiger partial charge in [-0.05, 0) is 5.56 Å². The number of aliphatic imine (C=N–C) groups is 1. The minimum atomic E-state index is -0.618. The van der Waals surface area contributed by atoms with Crippen molar-refractivity contribution in [3.63, 3.8) is 0 Å². The molecule has 1 fully saturated rings. The van der Waals surface area contributed by atoms with Gasteiger partial charge in [-0.3, -0.25) is 14.9 Å². The molecule has 1 N–H and O–H groups in total. The lowest BCUT2D eigenvalue weighted by Gasteiger charge is -2.36. The predicted octanol–water partition coefficient (Wildman–Crippen LogP) is 2.35. The fourth-order valence-corrected chi connectivity index (χ4v) is 4.36. The summed E-state index contributed by atoms with van der Waals surface area (Å²) in [7, 11) is 1.62. The van der Waals surface area contributed by atoms with Crippen molar-refractivity contribution >= 4 is 34.7 Å². The molecule has 29 heavy (non-hydrogen) atoms. The zero-order valence-corrected chi connectivity index (χ0v) is 16.6. The first-order valence-electron chi connectivity index (χ1n) is 9.21. The Balaban J connectivity index is 1.57. The van der Waals surface area contributed by atoms with Crippen LogP contribution in [0.1, 0.15) is 15.9 Å². The molecule has 2 aromatic carbocycles. The quantitative estimate of drug-likeness (QED) is 0.768. The number of Topliss-reactive ketones (excluding diaryl/α,β-unsaturated/α-hetero) is 1. The third-order valence-electron chi connectivity index (χ3n) is 4.95. The van der Waals surface area contributed by atoms with E-state index in [9.17, 15) is 14.4 Å². The number of benzene rings is 2. The van der Waals surface area contributed by atoms with Crippen molar-refractivity contribution in [3.05, 3.63) is 71.8 Å². The number of thioether (sulfide) groups is 1. The van der Waals surface area contributed by atoms with Crippen molar-refractivity contribution in [1.82, 2.24) is 15.1 Å². The number of urea groups is 1. The Hall–Kier alpha value is -3.13. The van der Waals surface area contributed by atoms with Crippen LogP contribution in [-0.2, 0) is 11.3 Å². The average Bonchev–Trinajstić information content (AvgIpc) is 3.10. The zero-order chi connectivity index (χ0) is 20.4. The van der Waals surface area contributed by atoms with Gasteiger partial charge in [-0.1, -0.05) is 72.4 Å². The van der Waals surface area contributed by atoms with Crippen molar-refractivity contribution in [2.45, 2.75) is 18.8 Å². The van der Waals surface area contributed by atoms with Crippen LogP contribution in [0.2, 0.25) is 0 Å². The number of carbonyl (C=O) groups is 3. The van der Waals surface area contributed by atoms with Gasteiger partial charge in [-0.25, -0.2) is 9.79 Å². The molecule has 2 heterocycles. The van der Waals surface area contributed by atoms with Crippen molar-refractivity contribution in [1.29, 1.82) is 0 Å². The van der Waals surface area contributed by atoms with Crippen LogP contribution in [0.25, 0.3) is 0 Å². The Bertz CT molecular complexity index is 964. The molecular formula is C21H20N4O3S. The summed E-state index contributed by atoms with van der Waals surface area (Å²) >= 11 is 1.29. The summed E-state index contributed by atoms with van der Waals surface area (Å²) in [6.45, 7) is 0.461. The van der Waals surface area contributed by atoms with E-state index < -0.39 is 18.2 Å². The molecule has 2 unspecified atom stereocenters. The highest BCUT2D eigenvalue weighted by atomic mass is 32.2. The molecule has 2 aromatic rings. The Morgan fingerprint density at radius 2 is 1.72 bits per heavy atom. The lowest BCUT2D eigenvalue weighted by Crippen LogP contribution is -2.63. The van der Waals surface area contributed by atoms with Gasteiger partial charge < -0.3 is 9.80 Å². The van der Waals surface area contributed by atoms with Gasteiger partial charge in [0, 0.05) is 19.2 Å². The van der Waals surface area contributed by atoms with Crippen LogP contribution in [0, 0.1) is 0 Å². The third kappa shape index (κ3) is 3.88.